The maximum Gasteiger partial charge on any atom is 0.348 e. The largest absolute Gasteiger partial charge is 0.360 e. The van der Waals surface area contributed by atoms with E-state index in [4.69, 9.17) is 27.7 Å². The Morgan fingerprint density at radius 3 is 2.80 bits per heavy atom. The summed E-state index contributed by atoms with van der Waals surface area (Å²) in [6, 6.07) is 1.03. The van der Waals surface area contributed by atoms with Crippen LogP contribution in [0.3, 0.4) is 0 Å². The Morgan fingerprint density at radius 1 is 1.55 bits per heavy atom. The van der Waals surface area contributed by atoms with Gasteiger partial charge in [0.15, 0.2) is 10.7 Å². The van der Waals surface area contributed by atoms with Crippen LogP contribution < -0.4 is 5.32 Å². The van der Waals surface area contributed by atoms with E-state index in [0.717, 1.165) is 24.6 Å². The molecule has 0 saturated carbocycles. The van der Waals surface area contributed by atoms with Gasteiger partial charge in [-0.2, -0.15) is 16.8 Å². The minimum Gasteiger partial charge on any atom is -0.360 e. The molecule has 2 amide bonds. The van der Waals surface area contributed by atoms with Crippen LogP contribution in [0, 0.1) is 6.92 Å². The van der Waals surface area contributed by atoms with Crippen molar-refractivity contribution in [3.05, 3.63) is 11.8 Å². The second-order valence-electron chi connectivity index (χ2n) is 4.12. The molecule has 2 rings (SSSR count). The Balaban J connectivity index is 2.05. The van der Waals surface area contributed by atoms with E-state index in [9.17, 15) is 4.79 Å². The molecule has 110 valence electrons. The number of hydrogen-bond donors (Lipinski definition) is 1. The lowest BCUT2D eigenvalue weighted by molar-refractivity contribution is 0.259. The number of carbonyl (C=O) groups excluding carboxylic acids is 1. The van der Waals surface area contributed by atoms with Gasteiger partial charge in [0.1, 0.15) is 11.6 Å². The van der Waals surface area contributed by atoms with Crippen LogP contribution >= 0.6 is 35.0 Å². The quantitative estimate of drug-likeness (QED) is 0.510. The lowest BCUT2D eigenvalue weighted by atomic mass is 10.4. The van der Waals surface area contributed by atoms with Gasteiger partial charge in [-0.25, -0.2) is 4.79 Å². The van der Waals surface area contributed by atoms with Crippen molar-refractivity contribution in [3.63, 3.8) is 0 Å². The monoisotopic (exact) mass is 336 g/mol. The van der Waals surface area contributed by atoms with Crippen molar-refractivity contribution in [2.24, 2.45) is 4.99 Å². The normalized spacial score (nSPS) is 16.6. The Hall–Kier alpha value is -0.920. The molecule has 2 heterocycles. The fourth-order valence-electron chi connectivity index (χ4n) is 1.72. The second kappa shape index (κ2) is 7.19. The van der Waals surface area contributed by atoms with Crippen molar-refractivity contribution in [2.45, 2.75) is 11.8 Å². The highest BCUT2D eigenvalue weighted by Crippen LogP contribution is 2.16. The number of alkyl halides is 2. The number of aryl methyl sites for hydroxylation is 1. The van der Waals surface area contributed by atoms with E-state index in [1.165, 1.54) is 0 Å². The number of thioether (sulfide) groups is 1. The first-order valence-electron chi connectivity index (χ1n) is 6.00. The molecule has 0 aliphatic carbocycles. The predicted molar refractivity (Wildman–Crippen MR) is 82.1 cm³/mol. The maximum atomic E-state index is 11.8. The van der Waals surface area contributed by atoms with Crippen molar-refractivity contribution < 1.29 is 9.32 Å². The zero-order chi connectivity index (χ0) is 14.5. The molecule has 9 heteroatoms. The first-order valence-corrected chi connectivity index (χ1v) is 8.03. The second-order valence-corrected chi connectivity index (χ2v) is 6.44. The van der Waals surface area contributed by atoms with Crippen LogP contribution in [0.5, 0.6) is 0 Å². The molecule has 0 aromatic carbocycles. The van der Waals surface area contributed by atoms with Crippen molar-refractivity contribution >= 4 is 52.6 Å². The average Bonchev–Trinajstić information content (AvgIpc) is 2.82. The zero-order valence-corrected chi connectivity index (χ0v) is 13.1. The molecule has 1 fully saturated rings. The topological polar surface area (TPSA) is 70.7 Å². The molecule has 0 bridgehead atoms. The fraction of sp³-hybridized carbons (Fsp3) is 0.545. The summed E-state index contributed by atoms with van der Waals surface area (Å²) in [5.74, 6) is 3.20. The number of nitrogens with zero attached hydrogens (tertiary/aromatic N) is 3. The number of halogens is 2. The number of carbonyl (C=O) groups is 1. The van der Waals surface area contributed by atoms with E-state index >= 15 is 0 Å². The van der Waals surface area contributed by atoms with Crippen LogP contribution in [-0.2, 0) is 0 Å². The standard InChI is InChI=1S/C11H14Cl2N4O2S/c1-7-6-8(16-19-7)14-11(18)15-10(9(12)13)17-2-4-20-5-3-17/h6,9H,2-5H2,1H3,(H,14,16,18)/b15-10-. The SMILES string of the molecule is Cc1cc(NC(=O)/N=C(/C(Cl)Cl)N2CCSCC2)no1. The highest BCUT2D eigenvalue weighted by molar-refractivity contribution is 7.99. The van der Waals surface area contributed by atoms with Gasteiger partial charge < -0.3 is 9.42 Å². The van der Waals surface area contributed by atoms with E-state index < -0.39 is 10.9 Å². The summed E-state index contributed by atoms with van der Waals surface area (Å²) in [4.78, 5) is 16.9. The number of amides is 2. The molecule has 6 nitrogen and oxygen atoms in total. The third kappa shape index (κ3) is 4.29. The summed E-state index contributed by atoms with van der Waals surface area (Å²) in [6.45, 7) is 3.28. The molecule has 1 aliphatic rings. The van der Waals surface area contributed by atoms with Crippen LogP contribution in [0.2, 0.25) is 0 Å². The number of rotatable bonds is 2. The van der Waals surface area contributed by atoms with Gasteiger partial charge in [0.25, 0.3) is 0 Å². The highest BCUT2D eigenvalue weighted by atomic mass is 35.5. The number of anilines is 1. The molecule has 0 radical (unpaired) electrons. The number of hydrogen-bond acceptors (Lipinski definition) is 4. The molecule has 20 heavy (non-hydrogen) atoms. The average molecular weight is 337 g/mol. The number of nitrogens with one attached hydrogen (secondary N) is 1. The van der Waals surface area contributed by atoms with E-state index in [1.54, 1.807) is 13.0 Å². The molecule has 0 unspecified atom stereocenters. The van der Waals surface area contributed by atoms with Gasteiger partial charge >= 0.3 is 6.03 Å². The predicted octanol–water partition coefficient (Wildman–Crippen LogP) is 2.77. The van der Waals surface area contributed by atoms with Crippen LogP contribution in [0.15, 0.2) is 15.6 Å². The van der Waals surface area contributed by atoms with E-state index in [0.29, 0.717) is 17.4 Å². The molecule has 0 spiro atoms. The minimum atomic E-state index is -0.845. The highest BCUT2D eigenvalue weighted by Gasteiger charge is 2.21. The number of urea groups is 1. The molecule has 0 atom stereocenters. The summed E-state index contributed by atoms with van der Waals surface area (Å²) in [7, 11) is 0. The van der Waals surface area contributed by atoms with Crippen LogP contribution in [-0.4, -0.2) is 51.4 Å². The minimum absolute atomic E-state index is 0.311. The van der Waals surface area contributed by atoms with Gasteiger partial charge in [0.05, 0.1) is 0 Å². The van der Waals surface area contributed by atoms with Gasteiger partial charge in [-0.15, -0.1) is 0 Å². The number of amidine groups is 1. The van der Waals surface area contributed by atoms with E-state index in [-0.39, 0.29) is 0 Å². The summed E-state index contributed by atoms with van der Waals surface area (Å²) in [5.41, 5.74) is 0. The third-order valence-corrected chi connectivity index (χ3v) is 3.94. The Labute approximate surface area is 130 Å². The molecular weight excluding hydrogens is 323 g/mol. The van der Waals surface area contributed by atoms with E-state index in [2.05, 4.69) is 15.5 Å². The van der Waals surface area contributed by atoms with Gasteiger partial charge in [-0.3, -0.25) is 5.32 Å². The van der Waals surface area contributed by atoms with Crippen molar-refractivity contribution in [2.75, 3.05) is 29.9 Å². The smallest absolute Gasteiger partial charge is 0.348 e. The van der Waals surface area contributed by atoms with Crippen molar-refractivity contribution in [1.82, 2.24) is 10.1 Å². The number of aliphatic imine (C=N–C) groups is 1. The molecule has 1 aromatic rings. The van der Waals surface area contributed by atoms with E-state index in [1.807, 2.05) is 16.7 Å². The summed E-state index contributed by atoms with van der Waals surface area (Å²) < 4.78 is 4.86. The van der Waals surface area contributed by atoms with Crippen molar-refractivity contribution in [3.8, 4) is 0 Å². The Morgan fingerprint density at radius 2 is 2.25 bits per heavy atom. The Kier molecular flexibility index (Phi) is 5.56. The summed E-state index contributed by atoms with van der Waals surface area (Å²) >= 11 is 13.6. The lowest BCUT2D eigenvalue weighted by Gasteiger charge is -2.29. The zero-order valence-electron chi connectivity index (χ0n) is 10.8. The number of aromatic nitrogens is 1. The molecular formula is C11H14Cl2N4O2S. The Bertz CT molecular complexity index is 500. The molecule has 1 saturated heterocycles. The van der Waals surface area contributed by atoms with Gasteiger partial charge in [0.2, 0.25) is 0 Å². The molecule has 1 N–H and O–H groups in total. The van der Waals surface area contributed by atoms with Crippen LogP contribution in [0.4, 0.5) is 10.6 Å². The van der Waals surface area contributed by atoms with Crippen LogP contribution in [0.25, 0.3) is 0 Å². The summed E-state index contributed by atoms with van der Waals surface area (Å²) in [6.07, 6.45) is 0. The fourth-order valence-corrected chi connectivity index (χ4v) is 2.99. The van der Waals surface area contributed by atoms with Gasteiger partial charge in [0, 0.05) is 30.7 Å². The first-order chi connectivity index (χ1) is 9.56. The first kappa shape index (κ1) is 15.5. The molecule has 1 aromatic heterocycles. The maximum absolute atomic E-state index is 11.8. The van der Waals surface area contributed by atoms with Gasteiger partial charge in [-0.05, 0) is 6.92 Å². The lowest BCUT2D eigenvalue weighted by Crippen LogP contribution is -2.41. The van der Waals surface area contributed by atoms with Gasteiger partial charge in [-0.1, -0.05) is 28.4 Å². The molecule has 1 aliphatic heterocycles. The summed E-state index contributed by atoms with van der Waals surface area (Å²) in [5, 5.41) is 6.17. The van der Waals surface area contributed by atoms with Crippen molar-refractivity contribution in [1.29, 1.82) is 0 Å². The third-order valence-electron chi connectivity index (χ3n) is 2.61. The van der Waals surface area contributed by atoms with Crippen LogP contribution in [0.1, 0.15) is 5.76 Å².